The molecule has 2 rings (SSSR count). The molecule has 0 aromatic carbocycles. The standard InChI is InChI=1S/C12H18N4O3/c1-8(5-10(17)18)9-3-2-4-16(6-9)12(19)11-13-7-14-15-11/h7-9H,2-6H2,1H3,(H,17,18)(H,13,14,15). The second-order valence-corrected chi connectivity index (χ2v) is 5.06. The molecule has 2 atom stereocenters. The Morgan fingerprint density at radius 3 is 3.05 bits per heavy atom. The fourth-order valence-electron chi connectivity index (χ4n) is 2.56. The maximum absolute atomic E-state index is 12.1. The molecule has 2 unspecified atom stereocenters. The minimum Gasteiger partial charge on any atom is -0.481 e. The van der Waals surface area contributed by atoms with Gasteiger partial charge in [0.15, 0.2) is 0 Å². The van der Waals surface area contributed by atoms with Gasteiger partial charge in [0.1, 0.15) is 6.33 Å². The number of carbonyl (C=O) groups is 2. The number of hydrogen-bond donors (Lipinski definition) is 2. The van der Waals surface area contributed by atoms with E-state index in [1.807, 2.05) is 6.92 Å². The zero-order valence-corrected chi connectivity index (χ0v) is 10.9. The number of aromatic nitrogens is 3. The lowest BCUT2D eigenvalue weighted by atomic mass is 9.84. The Bertz CT molecular complexity index is 446. The average molecular weight is 266 g/mol. The number of nitrogens with one attached hydrogen (secondary N) is 1. The third kappa shape index (κ3) is 3.30. The lowest BCUT2D eigenvalue weighted by Gasteiger charge is -2.35. The molecule has 1 amide bonds. The van der Waals surface area contributed by atoms with Crippen LogP contribution in [0.4, 0.5) is 0 Å². The third-order valence-corrected chi connectivity index (χ3v) is 3.66. The molecule has 1 aromatic rings. The molecule has 0 bridgehead atoms. The fraction of sp³-hybridized carbons (Fsp3) is 0.667. The number of rotatable bonds is 4. The summed E-state index contributed by atoms with van der Waals surface area (Å²) in [5, 5.41) is 15.1. The number of H-pyrrole nitrogens is 1. The van der Waals surface area contributed by atoms with Crippen molar-refractivity contribution in [1.29, 1.82) is 0 Å². The molecule has 1 fully saturated rings. The van der Waals surface area contributed by atoms with E-state index in [1.165, 1.54) is 6.33 Å². The molecule has 19 heavy (non-hydrogen) atoms. The van der Waals surface area contributed by atoms with Gasteiger partial charge in [0, 0.05) is 19.5 Å². The first-order valence-corrected chi connectivity index (χ1v) is 6.44. The van der Waals surface area contributed by atoms with Crippen LogP contribution in [0.5, 0.6) is 0 Å². The number of amides is 1. The van der Waals surface area contributed by atoms with Gasteiger partial charge in [-0.2, -0.15) is 5.10 Å². The van der Waals surface area contributed by atoms with Gasteiger partial charge in [0.05, 0.1) is 0 Å². The lowest BCUT2D eigenvalue weighted by molar-refractivity contribution is -0.138. The summed E-state index contributed by atoms with van der Waals surface area (Å²) < 4.78 is 0. The van der Waals surface area contributed by atoms with E-state index in [-0.39, 0.29) is 30.0 Å². The molecule has 0 spiro atoms. The van der Waals surface area contributed by atoms with Crippen LogP contribution < -0.4 is 0 Å². The van der Waals surface area contributed by atoms with Crippen LogP contribution in [0, 0.1) is 11.8 Å². The summed E-state index contributed by atoms with van der Waals surface area (Å²) in [5.41, 5.74) is 0. The Morgan fingerprint density at radius 1 is 1.63 bits per heavy atom. The first kappa shape index (κ1) is 13.5. The average Bonchev–Trinajstić information content (AvgIpc) is 2.91. The Kier molecular flexibility index (Phi) is 4.13. The molecule has 2 heterocycles. The zero-order chi connectivity index (χ0) is 13.8. The zero-order valence-electron chi connectivity index (χ0n) is 10.9. The molecule has 1 aliphatic heterocycles. The topological polar surface area (TPSA) is 99.2 Å². The van der Waals surface area contributed by atoms with E-state index in [9.17, 15) is 9.59 Å². The third-order valence-electron chi connectivity index (χ3n) is 3.66. The summed E-state index contributed by atoms with van der Waals surface area (Å²) in [4.78, 5) is 28.5. The molecule has 0 aliphatic carbocycles. The van der Waals surface area contributed by atoms with Gasteiger partial charge in [-0.3, -0.25) is 14.7 Å². The molecule has 0 saturated carbocycles. The number of nitrogens with zero attached hydrogens (tertiary/aromatic N) is 3. The second-order valence-electron chi connectivity index (χ2n) is 5.06. The van der Waals surface area contributed by atoms with Crippen LogP contribution in [-0.2, 0) is 4.79 Å². The Labute approximate surface area is 111 Å². The lowest BCUT2D eigenvalue weighted by Crippen LogP contribution is -2.42. The van der Waals surface area contributed by atoms with Crippen LogP contribution in [0.1, 0.15) is 36.8 Å². The van der Waals surface area contributed by atoms with E-state index in [0.717, 1.165) is 12.8 Å². The summed E-state index contributed by atoms with van der Waals surface area (Å²) in [6.07, 6.45) is 3.32. The highest BCUT2D eigenvalue weighted by molar-refractivity contribution is 5.90. The van der Waals surface area contributed by atoms with Gasteiger partial charge in [0.25, 0.3) is 5.91 Å². The van der Waals surface area contributed by atoms with Crippen molar-refractivity contribution in [1.82, 2.24) is 20.1 Å². The summed E-state index contributed by atoms with van der Waals surface area (Å²) >= 11 is 0. The Balaban J connectivity index is 1.97. The van der Waals surface area contributed by atoms with Gasteiger partial charge < -0.3 is 10.0 Å². The summed E-state index contributed by atoms with van der Waals surface area (Å²) in [6.45, 7) is 3.21. The predicted octanol–water partition coefficient (Wildman–Crippen LogP) is 0.768. The number of carbonyl (C=O) groups excluding carboxylic acids is 1. The SMILES string of the molecule is CC(CC(=O)O)C1CCCN(C(=O)c2ncn[nH]2)C1. The molecule has 104 valence electrons. The van der Waals surface area contributed by atoms with Crippen LogP contribution in [0.25, 0.3) is 0 Å². The molecule has 7 nitrogen and oxygen atoms in total. The quantitative estimate of drug-likeness (QED) is 0.838. The van der Waals surface area contributed by atoms with Crippen molar-refractivity contribution < 1.29 is 14.7 Å². The summed E-state index contributed by atoms with van der Waals surface area (Å²) in [5.74, 6) is -0.401. The fourth-order valence-corrected chi connectivity index (χ4v) is 2.56. The van der Waals surface area contributed by atoms with E-state index in [0.29, 0.717) is 13.1 Å². The normalized spacial score (nSPS) is 21.1. The molecular weight excluding hydrogens is 248 g/mol. The summed E-state index contributed by atoms with van der Waals surface area (Å²) in [7, 11) is 0. The van der Waals surface area contributed by atoms with Crippen molar-refractivity contribution >= 4 is 11.9 Å². The highest BCUT2D eigenvalue weighted by Gasteiger charge is 2.29. The minimum absolute atomic E-state index is 0.0721. The number of aromatic amines is 1. The van der Waals surface area contributed by atoms with E-state index in [2.05, 4.69) is 15.2 Å². The van der Waals surface area contributed by atoms with Gasteiger partial charge in [-0.25, -0.2) is 4.98 Å². The number of hydrogen-bond acceptors (Lipinski definition) is 4. The van der Waals surface area contributed by atoms with Crippen molar-refractivity contribution in [3.05, 3.63) is 12.2 Å². The van der Waals surface area contributed by atoms with Crippen LogP contribution in [0.2, 0.25) is 0 Å². The molecule has 7 heteroatoms. The van der Waals surface area contributed by atoms with E-state index in [4.69, 9.17) is 5.11 Å². The van der Waals surface area contributed by atoms with Gasteiger partial charge >= 0.3 is 5.97 Å². The highest BCUT2D eigenvalue weighted by Crippen LogP contribution is 2.26. The van der Waals surface area contributed by atoms with Gasteiger partial charge in [-0.05, 0) is 24.7 Å². The van der Waals surface area contributed by atoms with Gasteiger partial charge in [-0.1, -0.05) is 6.92 Å². The number of aliphatic carboxylic acids is 1. The van der Waals surface area contributed by atoms with E-state index in [1.54, 1.807) is 4.90 Å². The molecular formula is C12H18N4O3. The van der Waals surface area contributed by atoms with E-state index >= 15 is 0 Å². The van der Waals surface area contributed by atoms with Crippen molar-refractivity contribution in [3.63, 3.8) is 0 Å². The van der Waals surface area contributed by atoms with Crippen molar-refractivity contribution in [2.45, 2.75) is 26.2 Å². The molecule has 1 saturated heterocycles. The first-order chi connectivity index (χ1) is 9.08. The number of likely N-dealkylation sites (tertiary alicyclic amines) is 1. The van der Waals surface area contributed by atoms with Crippen molar-refractivity contribution in [3.8, 4) is 0 Å². The monoisotopic (exact) mass is 266 g/mol. The largest absolute Gasteiger partial charge is 0.481 e. The number of piperidine rings is 1. The summed E-state index contributed by atoms with van der Waals surface area (Å²) in [6, 6.07) is 0. The maximum Gasteiger partial charge on any atom is 0.303 e. The van der Waals surface area contributed by atoms with Crippen LogP contribution in [-0.4, -0.2) is 50.2 Å². The highest BCUT2D eigenvalue weighted by atomic mass is 16.4. The van der Waals surface area contributed by atoms with Crippen molar-refractivity contribution in [2.24, 2.45) is 11.8 Å². The van der Waals surface area contributed by atoms with Crippen LogP contribution >= 0.6 is 0 Å². The maximum atomic E-state index is 12.1. The van der Waals surface area contributed by atoms with Gasteiger partial charge in [0.2, 0.25) is 5.82 Å². The second kappa shape index (κ2) is 5.81. The van der Waals surface area contributed by atoms with Gasteiger partial charge in [-0.15, -0.1) is 0 Å². The Morgan fingerprint density at radius 2 is 2.42 bits per heavy atom. The smallest absolute Gasteiger partial charge is 0.303 e. The first-order valence-electron chi connectivity index (χ1n) is 6.44. The van der Waals surface area contributed by atoms with Crippen LogP contribution in [0.3, 0.4) is 0 Å². The molecule has 1 aliphatic rings. The number of carboxylic acid groups (broad SMARTS) is 1. The predicted molar refractivity (Wildman–Crippen MR) is 66.4 cm³/mol. The van der Waals surface area contributed by atoms with Crippen LogP contribution in [0.15, 0.2) is 6.33 Å². The molecule has 0 radical (unpaired) electrons. The Hall–Kier alpha value is -1.92. The molecule has 2 N–H and O–H groups in total. The minimum atomic E-state index is -0.786. The molecule has 1 aromatic heterocycles. The number of carboxylic acids is 1. The van der Waals surface area contributed by atoms with Crippen molar-refractivity contribution in [2.75, 3.05) is 13.1 Å². The van der Waals surface area contributed by atoms with E-state index < -0.39 is 5.97 Å².